The third-order valence-electron chi connectivity index (χ3n) is 2.32. The van der Waals surface area contributed by atoms with Crippen molar-refractivity contribution in [3.8, 4) is 0 Å². The monoisotopic (exact) mass is 272 g/mol. The van der Waals surface area contributed by atoms with E-state index in [0.29, 0.717) is 5.69 Å². The van der Waals surface area contributed by atoms with E-state index in [4.69, 9.17) is 0 Å². The maximum absolute atomic E-state index is 12.8. The standard InChI is InChI=1S/C11H7F3N2OS/c1-6-10(18-5-16-6)9(17)7-4-15-3-2-8(7)11(12,13)14/h2-5H,1H3. The Balaban J connectivity index is 2.53. The Hall–Kier alpha value is -1.76. The molecule has 0 spiro atoms. The van der Waals surface area contributed by atoms with Crippen molar-refractivity contribution in [3.63, 3.8) is 0 Å². The maximum Gasteiger partial charge on any atom is 0.417 e. The zero-order chi connectivity index (χ0) is 13.3. The van der Waals surface area contributed by atoms with E-state index in [1.807, 2.05) is 0 Å². The minimum atomic E-state index is -4.58. The fourth-order valence-corrected chi connectivity index (χ4v) is 2.22. The number of alkyl halides is 3. The molecule has 0 unspecified atom stereocenters. The van der Waals surface area contributed by atoms with Gasteiger partial charge in [0, 0.05) is 12.4 Å². The summed E-state index contributed by atoms with van der Waals surface area (Å²) in [6.07, 6.45) is -2.63. The molecule has 0 atom stereocenters. The van der Waals surface area contributed by atoms with Crippen LogP contribution in [0.5, 0.6) is 0 Å². The summed E-state index contributed by atoms with van der Waals surface area (Å²) in [5.74, 6) is -0.699. The number of carbonyl (C=O) groups is 1. The zero-order valence-electron chi connectivity index (χ0n) is 9.15. The first-order valence-electron chi connectivity index (χ1n) is 4.87. The molecule has 0 saturated heterocycles. The SMILES string of the molecule is Cc1ncsc1C(=O)c1cnccc1C(F)(F)F. The second-order valence-electron chi connectivity index (χ2n) is 3.52. The summed E-state index contributed by atoms with van der Waals surface area (Å²) in [5.41, 5.74) is 0.418. The number of aryl methyl sites for hydroxylation is 1. The van der Waals surface area contributed by atoms with Crippen molar-refractivity contribution in [3.05, 3.63) is 45.7 Å². The van der Waals surface area contributed by atoms with Crippen molar-refractivity contribution in [1.29, 1.82) is 0 Å². The lowest BCUT2D eigenvalue weighted by atomic mass is 10.0. The number of thiazole rings is 1. The van der Waals surface area contributed by atoms with Crippen LogP contribution < -0.4 is 0 Å². The van der Waals surface area contributed by atoms with E-state index in [2.05, 4.69) is 9.97 Å². The highest BCUT2D eigenvalue weighted by Crippen LogP contribution is 2.33. The van der Waals surface area contributed by atoms with Crippen LogP contribution in [0, 0.1) is 6.92 Å². The lowest BCUT2D eigenvalue weighted by Gasteiger charge is -2.10. The van der Waals surface area contributed by atoms with Crippen molar-refractivity contribution in [1.82, 2.24) is 9.97 Å². The number of nitrogens with zero attached hydrogens (tertiary/aromatic N) is 2. The molecule has 0 aliphatic rings. The Bertz CT molecular complexity index is 592. The predicted octanol–water partition coefficient (Wildman–Crippen LogP) is 3.10. The molecular weight excluding hydrogens is 265 g/mol. The summed E-state index contributed by atoms with van der Waals surface area (Å²) >= 11 is 1.02. The summed E-state index contributed by atoms with van der Waals surface area (Å²) in [7, 11) is 0. The fourth-order valence-electron chi connectivity index (χ4n) is 1.46. The van der Waals surface area contributed by atoms with Gasteiger partial charge in [-0.25, -0.2) is 4.98 Å². The summed E-state index contributed by atoms with van der Waals surface area (Å²) in [4.78, 5) is 19.7. The molecule has 0 radical (unpaired) electrons. The molecule has 2 heterocycles. The summed E-state index contributed by atoms with van der Waals surface area (Å²) < 4.78 is 38.3. The molecular formula is C11H7F3N2OS. The molecule has 0 amide bonds. The van der Waals surface area contributed by atoms with Crippen LogP contribution >= 0.6 is 11.3 Å². The summed E-state index contributed by atoms with van der Waals surface area (Å²) in [6, 6.07) is 0.795. The molecule has 0 saturated carbocycles. The Morgan fingerprint density at radius 1 is 1.39 bits per heavy atom. The van der Waals surface area contributed by atoms with Crippen LogP contribution in [0.25, 0.3) is 0 Å². The number of pyridine rings is 1. The van der Waals surface area contributed by atoms with E-state index in [9.17, 15) is 18.0 Å². The molecule has 0 aliphatic heterocycles. The van der Waals surface area contributed by atoms with Gasteiger partial charge in [0.25, 0.3) is 0 Å². The van der Waals surface area contributed by atoms with Gasteiger partial charge in [0.05, 0.1) is 27.2 Å². The van der Waals surface area contributed by atoms with Gasteiger partial charge in [-0.2, -0.15) is 13.2 Å². The second kappa shape index (κ2) is 4.49. The third-order valence-corrected chi connectivity index (χ3v) is 3.25. The van der Waals surface area contributed by atoms with Crippen LogP contribution in [-0.4, -0.2) is 15.8 Å². The van der Waals surface area contributed by atoms with Gasteiger partial charge in [-0.15, -0.1) is 11.3 Å². The Labute approximate surface area is 104 Å². The molecule has 94 valence electrons. The molecule has 7 heteroatoms. The van der Waals surface area contributed by atoms with Gasteiger partial charge in [-0.3, -0.25) is 9.78 Å². The first-order valence-corrected chi connectivity index (χ1v) is 5.75. The molecule has 0 aliphatic carbocycles. The second-order valence-corrected chi connectivity index (χ2v) is 4.37. The molecule has 18 heavy (non-hydrogen) atoms. The van der Waals surface area contributed by atoms with Crippen molar-refractivity contribution < 1.29 is 18.0 Å². The number of aromatic nitrogens is 2. The van der Waals surface area contributed by atoms with Gasteiger partial charge in [0.15, 0.2) is 0 Å². The zero-order valence-corrected chi connectivity index (χ0v) is 9.97. The van der Waals surface area contributed by atoms with Crippen LogP contribution in [0.1, 0.15) is 26.5 Å². The molecule has 0 aromatic carbocycles. The van der Waals surface area contributed by atoms with Crippen molar-refractivity contribution in [2.75, 3.05) is 0 Å². The largest absolute Gasteiger partial charge is 0.417 e. The van der Waals surface area contributed by atoms with Gasteiger partial charge in [-0.05, 0) is 13.0 Å². The topological polar surface area (TPSA) is 42.9 Å². The van der Waals surface area contributed by atoms with Gasteiger partial charge < -0.3 is 0 Å². The summed E-state index contributed by atoms with van der Waals surface area (Å²) in [6.45, 7) is 1.58. The highest BCUT2D eigenvalue weighted by molar-refractivity contribution is 7.12. The Morgan fingerprint density at radius 3 is 2.67 bits per heavy atom. The minimum absolute atomic E-state index is 0.202. The fraction of sp³-hybridized carbons (Fsp3) is 0.182. The van der Waals surface area contributed by atoms with E-state index in [1.54, 1.807) is 6.92 Å². The number of rotatable bonds is 2. The van der Waals surface area contributed by atoms with Crippen LogP contribution in [0.3, 0.4) is 0 Å². The van der Waals surface area contributed by atoms with E-state index in [-0.39, 0.29) is 4.88 Å². The highest BCUT2D eigenvalue weighted by Gasteiger charge is 2.35. The molecule has 0 N–H and O–H groups in total. The van der Waals surface area contributed by atoms with Crippen LogP contribution in [-0.2, 0) is 6.18 Å². The first kappa shape index (κ1) is 12.7. The number of ketones is 1. The van der Waals surface area contributed by atoms with E-state index in [0.717, 1.165) is 29.8 Å². The highest BCUT2D eigenvalue weighted by atomic mass is 32.1. The van der Waals surface area contributed by atoms with E-state index in [1.165, 1.54) is 5.51 Å². The van der Waals surface area contributed by atoms with Crippen LogP contribution in [0.2, 0.25) is 0 Å². The lowest BCUT2D eigenvalue weighted by Crippen LogP contribution is -2.14. The van der Waals surface area contributed by atoms with Gasteiger partial charge in [0.2, 0.25) is 5.78 Å². The molecule has 2 rings (SSSR count). The summed E-state index contributed by atoms with van der Waals surface area (Å²) in [5, 5.41) is 0. The quantitative estimate of drug-likeness (QED) is 0.789. The van der Waals surface area contributed by atoms with Gasteiger partial charge >= 0.3 is 6.18 Å². The van der Waals surface area contributed by atoms with Crippen LogP contribution in [0.15, 0.2) is 24.0 Å². The molecule has 2 aromatic heterocycles. The lowest BCUT2D eigenvalue weighted by molar-refractivity contribution is -0.137. The van der Waals surface area contributed by atoms with Gasteiger partial charge in [-0.1, -0.05) is 0 Å². The van der Waals surface area contributed by atoms with Crippen LogP contribution in [0.4, 0.5) is 13.2 Å². The number of hydrogen-bond acceptors (Lipinski definition) is 4. The first-order chi connectivity index (χ1) is 8.41. The normalized spacial score (nSPS) is 11.6. The number of halogens is 3. The molecule has 0 fully saturated rings. The Morgan fingerprint density at radius 2 is 2.11 bits per heavy atom. The van der Waals surface area contributed by atoms with Crippen molar-refractivity contribution in [2.24, 2.45) is 0 Å². The number of hydrogen-bond donors (Lipinski definition) is 0. The Kier molecular flexibility index (Phi) is 3.16. The molecule has 3 nitrogen and oxygen atoms in total. The minimum Gasteiger partial charge on any atom is -0.288 e. The van der Waals surface area contributed by atoms with Crippen molar-refractivity contribution >= 4 is 17.1 Å². The van der Waals surface area contributed by atoms with Gasteiger partial charge in [0.1, 0.15) is 0 Å². The molecule has 0 bridgehead atoms. The van der Waals surface area contributed by atoms with E-state index < -0.39 is 23.1 Å². The van der Waals surface area contributed by atoms with E-state index >= 15 is 0 Å². The average Bonchev–Trinajstić information content (AvgIpc) is 2.73. The predicted molar refractivity (Wildman–Crippen MR) is 59.5 cm³/mol. The maximum atomic E-state index is 12.8. The van der Waals surface area contributed by atoms with Crippen molar-refractivity contribution in [2.45, 2.75) is 13.1 Å². The molecule has 2 aromatic rings. The third kappa shape index (κ3) is 2.26. The number of carbonyl (C=O) groups excluding carboxylic acids is 1. The smallest absolute Gasteiger partial charge is 0.288 e. The average molecular weight is 272 g/mol.